The molecule has 9 rings (SSSR count). The van der Waals surface area contributed by atoms with E-state index >= 15 is 0 Å². The van der Waals surface area contributed by atoms with Crippen molar-refractivity contribution in [3.8, 4) is 11.8 Å². The highest BCUT2D eigenvalue weighted by molar-refractivity contribution is 5.90. The van der Waals surface area contributed by atoms with Gasteiger partial charge in [0.1, 0.15) is 0 Å². The minimum Gasteiger partial charge on any atom is -0.493 e. The van der Waals surface area contributed by atoms with E-state index in [9.17, 15) is 15.0 Å². The van der Waals surface area contributed by atoms with E-state index in [1.165, 1.54) is 30.4 Å². The summed E-state index contributed by atoms with van der Waals surface area (Å²) >= 11 is 0. The maximum atomic E-state index is 13.4. The summed E-state index contributed by atoms with van der Waals surface area (Å²) in [5.74, 6) is 3.76. The van der Waals surface area contributed by atoms with Crippen LogP contribution in [0.3, 0.4) is 0 Å². The molecule has 1 aromatic heterocycles. The van der Waals surface area contributed by atoms with Crippen LogP contribution in [0.15, 0.2) is 12.2 Å². The first-order valence-electron chi connectivity index (χ1n) is 10.7. The number of aromatic hydroxyl groups is 2. The van der Waals surface area contributed by atoms with E-state index in [-0.39, 0.29) is 34.9 Å². The summed E-state index contributed by atoms with van der Waals surface area (Å²) in [4.78, 5) is 13.4. The number of amides is 1. The van der Waals surface area contributed by atoms with Crippen LogP contribution < -0.4 is 5.43 Å². The SMILES string of the molecule is O=C(Nn1c(O)c2c(c1O)C1C=CC2C2CC12)C12CC3CC(CC(C3)C1)C2. The number of aromatic nitrogens is 1. The Morgan fingerprint density at radius 3 is 1.85 bits per heavy atom. The number of nitrogens with one attached hydrogen (secondary N) is 1. The third-order valence-electron chi connectivity index (χ3n) is 8.93. The van der Waals surface area contributed by atoms with E-state index in [1.807, 2.05) is 0 Å². The van der Waals surface area contributed by atoms with Gasteiger partial charge in [-0.05, 0) is 74.5 Å². The van der Waals surface area contributed by atoms with Crippen LogP contribution in [0.5, 0.6) is 11.8 Å². The quantitative estimate of drug-likeness (QED) is 0.701. The van der Waals surface area contributed by atoms with Crippen molar-refractivity contribution in [3.63, 3.8) is 0 Å². The van der Waals surface area contributed by atoms with Gasteiger partial charge >= 0.3 is 0 Å². The van der Waals surface area contributed by atoms with Crippen molar-refractivity contribution >= 4 is 5.91 Å². The topological polar surface area (TPSA) is 74.5 Å². The summed E-state index contributed by atoms with van der Waals surface area (Å²) in [6, 6.07) is 0. The van der Waals surface area contributed by atoms with Crippen molar-refractivity contribution in [2.45, 2.75) is 56.8 Å². The van der Waals surface area contributed by atoms with Crippen molar-refractivity contribution in [1.29, 1.82) is 0 Å². The first kappa shape index (κ1) is 15.1. The van der Waals surface area contributed by atoms with Gasteiger partial charge < -0.3 is 10.2 Å². The van der Waals surface area contributed by atoms with Crippen LogP contribution in [0.4, 0.5) is 0 Å². The summed E-state index contributed by atoms with van der Waals surface area (Å²) in [6.45, 7) is 0. The van der Waals surface area contributed by atoms with Crippen LogP contribution in [0.2, 0.25) is 0 Å². The molecule has 8 aliphatic rings. The van der Waals surface area contributed by atoms with Gasteiger partial charge in [-0.15, -0.1) is 0 Å². The average molecular weight is 366 g/mol. The van der Waals surface area contributed by atoms with Crippen LogP contribution in [0.25, 0.3) is 0 Å². The zero-order valence-corrected chi connectivity index (χ0v) is 15.4. The first-order chi connectivity index (χ1) is 13.0. The summed E-state index contributed by atoms with van der Waals surface area (Å²) < 4.78 is 1.29. The van der Waals surface area contributed by atoms with Crippen LogP contribution >= 0.6 is 0 Å². The Balaban J connectivity index is 1.25. The van der Waals surface area contributed by atoms with Crippen molar-refractivity contribution < 1.29 is 15.0 Å². The first-order valence-corrected chi connectivity index (χ1v) is 10.7. The number of nitrogens with zero attached hydrogens (tertiary/aromatic N) is 1. The molecule has 1 heterocycles. The van der Waals surface area contributed by atoms with E-state index in [1.54, 1.807) is 0 Å². The number of carbonyl (C=O) groups is 1. The summed E-state index contributed by atoms with van der Waals surface area (Å²) in [6.07, 6.45) is 12.3. The van der Waals surface area contributed by atoms with Gasteiger partial charge in [-0.25, -0.2) is 0 Å². The molecule has 4 unspecified atom stereocenters. The molecule has 27 heavy (non-hydrogen) atoms. The van der Waals surface area contributed by atoms with E-state index in [4.69, 9.17) is 0 Å². The molecule has 5 saturated carbocycles. The lowest BCUT2D eigenvalue weighted by atomic mass is 9.49. The molecule has 3 N–H and O–H groups in total. The van der Waals surface area contributed by atoms with Gasteiger partial charge in [-0.3, -0.25) is 10.2 Å². The molecule has 6 bridgehead atoms. The molecular weight excluding hydrogens is 340 g/mol. The number of hydrogen-bond acceptors (Lipinski definition) is 3. The van der Waals surface area contributed by atoms with Gasteiger partial charge in [0.15, 0.2) is 0 Å². The Labute approximate surface area is 158 Å². The van der Waals surface area contributed by atoms with Crippen molar-refractivity contribution in [2.75, 3.05) is 5.43 Å². The predicted molar refractivity (Wildman–Crippen MR) is 99.0 cm³/mol. The van der Waals surface area contributed by atoms with Gasteiger partial charge in [0.25, 0.3) is 0 Å². The highest BCUT2D eigenvalue weighted by Crippen LogP contribution is 2.68. The molecule has 1 amide bonds. The molecule has 0 aliphatic heterocycles. The molecule has 0 spiro atoms. The summed E-state index contributed by atoms with van der Waals surface area (Å²) in [5.41, 5.74) is 4.35. The third kappa shape index (κ3) is 1.74. The Morgan fingerprint density at radius 1 is 0.889 bits per heavy atom. The number of hydrogen-bond donors (Lipinski definition) is 3. The number of allylic oxidation sites excluding steroid dienone is 2. The zero-order valence-electron chi connectivity index (χ0n) is 15.4. The molecule has 8 aliphatic carbocycles. The Morgan fingerprint density at radius 2 is 1.37 bits per heavy atom. The van der Waals surface area contributed by atoms with Gasteiger partial charge in [-0.2, -0.15) is 4.68 Å². The molecule has 4 atom stereocenters. The molecule has 142 valence electrons. The maximum Gasteiger partial charge on any atom is 0.245 e. The molecule has 0 saturated heterocycles. The monoisotopic (exact) mass is 366 g/mol. The largest absolute Gasteiger partial charge is 0.493 e. The fraction of sp³-hybridized carbons (Fsp3) is 0.682. The molecule has 0 radical (unpaired) electrons. The van der Waals surface area contributed by atoms with Gasteiger partial charge in [0.2, 0.25) is 17.7 Å². The minimum atomic E-state index is -0.294. The average Bonchev–Trinajstić information content (AvgIpc) is 3.41. The normalized spacial score (nSPS) is 47.0. The highest BCUT2D eigenvalue weighted by Gasteiger charge is 2.58. The van der Waals surface area contributed by atoms with E-state index in [0.29, 0.717) is 29.6 Å². The predicted octanol–water partition coefficient (Wildman–Crippen LogP) is 3.57. The van der Waals surface area contributed by atoms with E-state index in [0.717, 1.165) is 30.4 Å². The second kappa shape index (κ2) is 4.56. The summed E-state index contributed by atoms with van der Waals surface area (Å²) in [7, 11) is 0. The molecular formula is C22H26N2O3. The van der Waals surface area contributed by atoms with Crippen LogP contribution in [0.1, 0.15) is 67.9 Å². The van der Waals surface area contributed by atoms with E-state index in [2.05, 4.69) is 17.6 Å². The minimum absolute atomic E-state index is 0.00464. The van der Waals surface area contributed by atoms with E-state index < -0.39 is 0 Å². The van der Waals surface area contributed by atoms with Crippen LogP contribution in [-0.2, 0) is 4.79 Å². The number of carbonyl (C=O) groups excluding carboxylic acids is 1. The lowest BCUT2D eigenvalue weighted by Gasteiger charge is -2.55. The second-order valence-corrected chi connectivity index (χ2v) is 10.4. The Hall–Kier alpha value is -1.91. The summed E-state index contributed by atoms with van der Waals surface area (Å²) in [5, 5.41) is 21.8. The fourth-order valence-corrected chi connectivity index (χ4v) is 8.16. The van der Waals surface area contributed by atoms with Gasteiger partial charge in [0.05, 0.1) is 5.41 Å². The van der Waals surface area contributed by atoms with Gasteiger partial charge in [0, 0.05) is 23.0 Å². The molecule has 5 fully saturated rings. The molecule has 0 aromatic carbocycles. The van der Waals surface area contributed by atoms with Crippen LogP contribution in [0, 0.1) is 35.0 Å². The molecule has 5 heteroatoms. The number of rotatable bonds is 2. The zero-order chi connectivity index (χ0) is 18.1. The molecule has 1 aromatic rings. The van der Waals surface area contributed by atoms with Crippen molar-refractivity contribution in [3.05, 3.63) is 23.3 Å². The standard InChI is InChI=1S/C22H26N2O3/c25-19-17-13-1-2-14(16-6-15(13)16)18(17)20(26)24(19)23-21(27)22-7-10-3-11(8-22)5-12(4-10)9-22/h1-2,10-16,25-26H,3-9H2,(H,23,27). The second-order valence-electron chi connectivity index (χ2n) is 10.4. The maximum absolute atomic E-state index is 13.4. The Bertz CT molecular complexity index is 836. The van der Waals surface area contributed by atoms with Crippen molar-refractivity contribution in [2.24, 2.45) is 35.0 Å². The van der Waals surface area contributed by atoms with Crippen LogP contribution in [-0.4, -0.2) is 20.8 Å². The molecule has 5 nitrogen and oxygen atoms in total. The Kier molecular flexibility index (Phi) is 2.54. The smallest absolute Gasteiger partial charge is 0.245 e. The third-order valence-corrected chi connectivity index (χ3v) is 8.93. The highest BCUT2D eigenvalue weighted by atomic mass is 16.3. The van der Waals surface area contributed by atoms with Gasteiger partial charge in [-0.1, -0.05) is 12.2 Å². The fourth-order valence-electron chi connectivity index (χ4n) is 8.16. The van der Waals surface area contributed by atoms with Crippen molar-refractivity contribution in [1.82, 2.24) is 4.68 Å². The lowest BCUT2D eigenvalue weighted by molar-refractivity contribution is -0.141. The lowest BCUT2D eigenvalue weighted by Crippen LogP contribution is -2.52.